The van der Waals surface area contributed by atoms with Crippen LogP contribution in [-0.2, 0) is 13.0 Å². The maximum atomic E-state index is 4.32. The third-order valence-electron chi connectivity index (χ3n) is 1.93. The minimum absolute atomic E-state index is 0.620. The Morgan fingerprint density at radius 1 is 1.29 bits per heavy atom. The van der Waals surface area contributed by atoms with Gasteiger partial charge in [0.15, 0.2) is 0 Å². The molecule has 0 fully saturated rings. The second-order valence-electron chi connectivity index (χ2n) is 3.89. The molecule has 0 amide bonds. The maximum absolute atomic E-state index is 4.32. The zero-order valence-corrected chi connectivity index (χ0v) is 9.25. The monoisotopic (exact) mass is 193 g/mol. The van der Waals surface area contributed by atoms with Crippen molar-refractivity contribution in [3.05, 3.63) is 23.8 Å². The summed E-state index contributed by atoms with van der Waals surface area (Å²) in [5.74, 6) is 1.56. The molecule has 1 aromatic heterocycles. The van der Waals surface area contributed by atoms with Gasteiger partial charge in [0.25, 0.3) is 0 Å². The van der Waals surface area contributed by atoms with E-state index in [0.717, 1.165) is 30.9 Å². The van der Waals surface area contributed by atoms with Gasteiger partial charge in [-0.2, -0.15) is 0 Å². The lowest BCUT2D eigenvalue weighted by atomic mass is 10.1. The van der Waals surface area contributed by atoms with Gasteiger partial charge in [-0.25, -0.2) is 9.97 Å². The van der Waals surface area contributed by atoms with E-state index >= 15 is 0 Å². The van der Waals surface area contributed by atoms with E-state index in [1.807, 2.05) is 12.4 Å². The standard InChI is InChI=1S/C11H19N3/c1-4-12-6-10-7-13-11(14-8-10)5-9(2)3/h7-9,12H,4-6H2,1-3H3. The largest absolute Gasteiger partial charge is 0.313 e. The van der Waals surface area contributed by atoms with Crippen LogP contribution in [0, 0.1) is 5.92 Å². The fourth-order valence-corrected chi connectivity index (χ4v) is 1.21. The number of nitrogens with zero attached hydrogens (tertiary/aromatic N) is 2. The maximum Gasteiger partial charge on any atom is 0.128 e. The van der Waals surface area contributed by atoms with Crippen molar-refractivity contribution in [1.29, 1.82) is 0 Å². The molecular formula is C11H19N3. The molecule has 0 aromatic carbocycles. The molecule has 78 valence electrons. The van der Waals surface area contributed by atoms with Crippen LogP contribution < -0.4 is 5.32 Å². The molecular weight excluding hydrogens is 174 g/mol. The average molecular weight is 193 g/mol. The fourth-order valence-electron chi connectivity index (χ4n) is 1.21. The molecule has 0 spiro atoms. The van der Waals surface area contributed by atoms with Crippen molar-refractivity contribution in [1.82, 2.24) is 15.3 Å². The minimum atomic E-state index is 0.620. The first-order valence-electron chi connectivity index (χ1n) is 5.23. The van der Waals surface area contributed by atoms with Gasteiger partial charge < -0.3 is 5.32 Å². The molecule has 0 saturated heterocycles. The first-order valence-corrected chi connectivity index (χ1v) is 5.23. The first-order chi connectivity index (χ1) is 6.72. The van der Waals surface area contributed by atoms with Crippen molar-refractivity contribution in [3.63, 3.8) is 0 Å². The number of nitrogens with one attached hydrogen (secondary N) is 1. The van der Waals surface area contributed by atoms with Gasteiger partial charge in [0.2, 0.25) is 0 Å². The highest BCUT2D eigenvalue weighted by atomic mass is 14.9. The lowest BCUT2D eigenvalue weighted by molar-refractivity contribution is 0.617. The van der Waals surface area contributed by atoms with Gasteiger partial charge in [0.1, 0.15) is 5.82 Å². The Kier molecular flexibility index (Phi) is 4.53. The van der Waals surface area contributed by atoms with Crippen LogP contribution in [0.25, 0.3) is 0 Å². The summed E-state index contributed by atoms with van der Waals surface area (Å²) < 4.78 is 0. The Hall–Kier alpha value is -0.960. The summed E-state index contributed by atoms with van der Waals surface area (Å²) in [6.45, 7) is 8.28. The van der Waals surface area contributed by atoms with Gasteiger partial charge in [0, 0.05) is 30.9 Å². The minimum Gasteiger partial charge on any atom is -0.313 e. The molecule has 0 unspecified atom stereocenters. The third kappa shape index (κ3) is 3.83. The van der Waals surface area contributed by atoms with E-state index in [1.54, 1.807) is 0 Å². The SMILES string of the molecule is CCNCc1cnc(CC(C)C)nc1. The molecule has 0 aliphatic carbocycles. The highest BCUT2D eigenvalue weighted by Crippen LogP contribution is 2.02. The van der Waals surface area contributed by atoms with E-state index in [9.17, 15) is 0 Å². The third-order valence-corrected chi connectivity index (χ3v) is 1.93. The van der Waals surface area contributed by atoms with Crippen LogP contribution in [0.4, 0.5) is 0 Å². The Bertz CT molecular complexity index is 254. The van der Waals surface area contributed by atoms with Gasteiger partial charge in [-0.3, -0.25) is 0 Å². The van der Waals surface area contributed by atoms with Crippen molar-refractivity contribution in [2.75, 3.05) is 6.54 Å². The molecule has 0 bridgehead atoms. The summed E-state index contributed by atoms with van der Waals surface area (Å²) in [7, 11) is 0. The number of rotatable bonds is 5. The van der Waals surface area contributed by atoms with Crippen molar-refractivity contribution in [2.24, 2.45) is 5.92 Å². The number of aromatic nitrogens is 2. The van der Waals surface area contributed by atoms with E-state index in [1.165, 1.54) is 0 Å². The van der Waals surface area contributed by atoms with Gasteiger partial charge in [-0.05, 0) is 12.5 Å². The van der Waals surface area contributed by atoms with Gasteiger partial charge in [0.05, 0.1) is 0 Å². The molecule has 0 aliphatic heterocycles. The van der Waals surface area contributed by atoms with Crippen molar-refractivity contribution in [2.45, 2.75) is 33.7 Å². The van der Waals surface area contributed by atoms with E-state index in [-0.39, 0.29) is 0 Å². The molecule has 1 N–H and O–H groups in total. The predicted octanol–water partition coefficient (Wildman–Crippen LogP) is 1.78. The summed E-state index contributed by atoms with van der Waals surface area (Å²) in [6.07, 6.45) is 4.78. The Morgan fingerprint density at radius 2 is 1.93 bits per heavy atom. The van der Waals surface area contributed by atoms with Crippen LogP contribution in [0.1, 0.15) is 32.2 Å². The molecule has 0 radical (unpaired) electrons. The Balaban J connectivity index is 2.50. The van der Waals surface area contributed by atoms with Crippen molar-refractivity contribution >= 4 is 0 Å². The highest BCUT2D eigenvalue weighted by Gasteiger charge is 2.00. The average Bonchev–Trinajstić information content (AvgIpc) is 2.16. The molecule has 3 nitrogen and oxygen atoms in total. The second kappa shape index (κ2) is 5.70. The number of hydrogen-bond donors (Lipinski definition) is 1. The second-order valence-corrected chi connectivity index (χ2v) is 3.89. The molecule has 0 saturated carbocycles. The predicted molar refractivity (Wildman–Crippen MR) is 58.0 cm³/mol. The van der Waals surface area contributed by atoms with Crippen LogP contribution in [0.3, 0.4) is 0 Å². The summed E-state index contributed by atoms with van der Waals surface area (Å²) in [4.78, 5) is 8.64. The quantitative estimate of drug-likeness (QED) is 0.774. The molecule has 1 heterocycles. The van der Waals surface area contributed by atoms with Gasteiger partial charge >= 0.3 is 0 Å². The zero-order chi connectivity index (χ0) is 10.4. The zero-order valence-electron chi connectivity index (χ0n) is 9.25. The number of hydrogen-bond acceptors (Lipinski definition) is 3. The normalized spacial score (nSPS) is 10.9. The lowest BCUT2D eigenvalue weighted by Gasteiger charge is -2.04. The first kappa shape index (κ1) is 11.1. The Morgan fingerprint density at radius 3 is 2.43 bits per heavy atom. The Labute approximate surface area is 86.0 Å². The summed E-state index contributed by atoms with van der Waals surface area (Å²) in [5.41, 5.74) is 1.15. The topological polar surface area (TPSA) is 37.8 Å². The van der Waals surface area contributed by atoms with Crippen LogP contribution in [0.15, 0.2) is 12.4 Å². The molecule has 0 aliphatic rings. The molecule has 0 atom stereocenters. The summed E-state index contributed by atoms with van der Waals surface area (Å²) in [6, 6.07) is 0. The summed E-state index contributed by atoms with van der Waals surface area (Å²) >= 11 is 0. The van der Waals surface area contributed by atoms with Gasteiger partial charge in [-0.15, -0.1) is 0 Å². The molecule has 1 aromatic rings. The molecule has 1 rings (SSSR count). The molecule has 3 heteroatoms. The summed E-state index contributed by atoms with van der Waals surface area (Å²) in [5, 5.41) is 3.24. The smallest absolute Gasteiger partial charge is 0.128 e. The van der Waals surface area contributed by atoms with E-state index < -0.39 is 0 Å². The van der Waals surface area contributed by atoms with Crippen molar-refractivity contribution in [3.8, 4) is 0 Å². The lowest BCUT2D eigenvalue weighted by Crippen LogP contribution is -2.12. The van der Waals surface area contributed by atoms with Crippen molar-refractivity contribution < 1.29 is 0 Å². The fraction of sp³-hybridized carbons (Fsp3) is 0.636. The van der Waals surface area contributed by atoms with Crippen LogP contribution >= 0.6 is 0 Å². The van der Waals surface area contributed by atoms with Crippen LogP contribution in [0.5, 0.6) is 0 Å². The highest BCUT2D eigenvalue weighted by molar-refractivity contribution is 5.05. The van der Waals surface area contributed by atoms with E-state index in [4.69, 9.17) is 0 Å². The van der Waals surface area contributed by atoms with Crippen LogP contribution in [-0.4, -0.2) is 16.5 Å². The van der Waals surface area contributed by atoms with Gasteiger partial charge in [-0.1, -0.05) is 20.8 Å². The van der Waals surface area contributed by atoms with E-state index in [0.29, 0.717) is 5.92 Å². The van der Waals surface area contributed by atoms with Crippen LogP contribution in [0.2, 0.25) is 0 Å². The molecule has 14 heavy (non-hydrogen) atoms. The van der Waals surface area contributed by atoms with E-state index in [2.05, 4.69) is 36.1 Å².